The summed E-state index contributed by atoms with van der Waals surface area (Å²) in [5, 5.41) is 7.81. The Balaban J connectivity index is 2.15. The molecule has 1 unspecified atom stereocenters. The Kier molecular flexibility index (Phi) is 5.76. The Labute approximate surface area is 127 Å². The number of nitrogens with zero attached hydrogens (tertiary/aromatic N) is 2. The molecule has 104 valence electrons. The summed E-state index contributed by atoms with van der Waals surface area (Å²) in [7, 11) is 0. The van der Waals surface area contributed by atoms with Crippen LogP contribution < -0.4 is 5.32 Å². The van der Waals surface area contributed by atoms with Crippen LogP contribution in [0.1, 0.15) is 41.8 Å². The van der Waals surface area contributed by atoms with Crippen LogP contribution in [0.15, 0.2) is 12.1 Å². The van der Waals surface area contributed by atoms with Gasteiger partial charge in [-0.2, -0.15) is 0 Å². The zero-order valence-corrected chi connectivity index (χ0v) is 13.5. The zero-order chi connectivity index (χ0) is 13.7. The Morgan fingerprint density at radius 3 is 2.84 bits per heavy atom. The molecule has 0 radical (unpaired) electrons. The molecule has 0 aromatic carbocycles. The second-order valence-corrected chi connectivity index (χ2v) is 6.94. The first-order valence-corrected chi connectivity index (χ1v) is 8.50. The van der Waals surface area contributed by atoms with Crippen molar-refractivity contribution in [2.24, 2.45) is 0 Å². The van der Waals surface area contributed by atoms with Crippen LogP contribution in [0.3, 0.4) is 0 Å². The van der Waals surface area contributed by atoms with Crippen molar-refractivity contribution in [3.8, 4) is 0 Å². The molecule has 2 rings (SSSR count). The van der Waals surface area contributed by atoms with Crippen LogP contribution in [0, 0.1) is 0 Å². The molecule has 0 aliphatic heterocycles. The van der Waals surface area contributed by atoms with Crippen molar-refractivity contribution >= 4 is 34.5 Å². The predicted molar refractivity (Wildman–Crippen MR) is 83.4 cm³/mol. The normalized spacial score (nSPS) is 12.8. The summed E-state index contributed by atoms with van der Waals surface area (Å²) in [4.78, 5) is 2.56. The highest BCUT2D eigenvalue weighted by molar-refractivity contribution is 7.16. The molecule has 0 fully saturated rings. The van der Waals surface area contributed by atoms with E-state index in [1.807, 2.05) is 6.07 Å². The average Bonchev–Trinajstić information content (AvgIpc) is 3.03. The lowest BCUT2D eigenvalue weighted by atomic mass is 10.1. The maximum Gasteiger partial charge on any atom is 0.0931 e. The summed E-state index contributed by atoms with van der Waals surface area (Å²) in [6.45, 7) is 5.31. The molecule has 1 atom stereocenters. The third-order valence-corrected chi connectivity index (χ3v) is 5.05. The van der Waals surface area contributed by atoms with Gasteiger partial charge in [0.2, 0.25) is 0 Å². The first-order chi connectivity index (χ1) is 9.24. The van der Waals surface area contributed by atoms with Gasteiger partial charge in [0.25, 0.3) is 0 Å². The Morgan fingerprint density at radius 2 is 2.21 bits per heavy atom. The summed E-state index contributed by atoms with van der Waals surface area (Å²) in [6.07, 6.45) is 3.00. The van der Waals surface area contributed by atoms with E-state index in [0.29, 0.717) is 6.04 Å². The molecule has 0 saturated heterocycles. The van der Waals surface area contributed by atoms with Gasteiger partial charge in [-0.1, -0.05) is 29.9 Å². The van der Waals surface area contributed by atoms with Gasteiger partial charge in [0.15, 0.2) is 0 Å². The van der Waals surface area contributed by atoms with E-state index in [0.717, 1.165) is 35.8 Å². The topological polar surface area (TPSA) is 37.8 Å². The lowest BCUT2D eigenvalue weighted by molar-refractivity contribution is 0.535. The number of halogens is 1. The molecule has 0 amide bonds. The average molecular weight is 316 g/mol. The number of hydrogen-bond acceptors (Lipinski definition) is 5. The lowest BCUT2D eigenvalue weighted by Gasteiger charge is -2.16. The van der Waals surface area contributed by atoms with Crippen LogP contribution in [0.2, 0.25) is 4.34 Å². The van der Waals surface area contributed by atoms with Gasteiger partial charge in [-0.25, -0.2) is 0 Å². The van der Waals surface area contributed by atoms with E-state index in [-0.39, 0.29) is 0 Å². The van der Waals surface area contributed by atoms with Crippen molar-refractivity contribution in [1.82, 2.24) is 14.9 Å². The van der Waals surface area contributed by atoms with Crippen LogP contribution in [0.4, 0.5) is 0 Å². The fourth-order valence-corrected chi connectivity index (χ4v) is 3.91. The SMILES string of the molecule is CCCNC(Cc1ccc(Cl)s1)c1snnc1CC. The molecule has 0 spiro atoms. The molecule has 2 aromatic heterocycles. The molecule has 1 N–H and O–H groups in total. The lowest BCUT2D eigenvalue weighted by Crippen LogP contribution is -2.24. The summed E-state index contributed by atoms with van der Waals surface area (Å²) in [5.41, 5.74) is 1.11. The molecule has 0 saturated carbocycles. The summed E-state index contributed by atoms with van der Waals surface area (Å²) in [5.74, 6) is 0. The number of thiophene rings is 1. The monoisotopic (exact) mass is 315 g/mol. The molecule has 0 bridgehead atoms. The minimum absolute atomic E-state index is 0.296. The highest BCUT2D eigenvalue weighted by atomic mass is 35.5. The number of nitrogens with one attached hydrogen (secondary N) is 1. The van der Waals surface area contributed by atoms with Gasteiger partial charge >= 0.3 is 0 Å². The van der Waals surface area contributed by atoms with E-state index in [1.165, 1.54) is 21.3 Å². The molecule has 6 heteroatoms. The van der Waals surface area contributed by atoms with Gasteiger partial charge in [0.1, 0.15) is 0 Å². The van der Waals surface area contributed by atoms with E-state index in [2.05, 4.69) is 34.8 Å². The fourth-order valence-electron chi connectivity index (χ4n) is 1.96. The van der Waals surface area contributed by atoms with E-state index >= 15 is 0 Å². The van der Waals surface area contributed by atoms with Gasteiger partial charge in [-0.3, -0.25) is 0 Å². The molecule has 2 heterocycles. The van der Waals surface area contributed by atoms with Crippen LogP contribution in [0.25, 0.3) is 0 Å². The Hall–Kier alpha value is -0.490. The molecule has 0 aliphatic carbocycles. The number of hydrogen-bond donors (Lipinski definition) is 1. The van der Waals surface area contributed by atoms with Gasteiger partial charge in [0.05, 0.1) is 14.9 Å². The first kappa shape index (κ1) is 14.9. The van der Waals surface area contributed by atoms with E-state index < -0.39 is 0 Å². The maximum absolute atomic E-state index is 6.01. The van der Waals surface area contributed by atoms with Crippen molar-refractivity contribution in [3.63, 3.8) is 0 Å². The summed E-state index contributed by atoms with van der Waals surface area (Å²) < 4.78 is 4.95. The minimum atomic E-state index is 0.296. The van der Waals surface area contributed by atoms with Crippen molar-refractivity contribution < 1.29 is 0 Å². The van der Waals surface area contributed by atoms with Crippen molar-refractivity contribution in [2.75, 3.05) is 6.54 Å². The van der Waals surface area contributed by atoms with Crippen molar-refractivity contribution in [3.05, 3.63) is 31.9 Å². The fraction of sp³-hybridized carbons (Fsp3) is 0.538. The predicted octanol–water partition coefficient (Wildman–Crippen LogP) is 4.10. The third-order valence-electron chi connectivity index (χ3n) is 2.91. The highest BCUT2D eigenvalue weighted by Gasteiger charge is 2.19. The highest BCUT2D eigenvalue weighted by Crippen LogP contribution is 2.29. The van der Waals surface area contributed by atoms with Gasteiger partial charge in [-0.05, 0) is 43.1 Å². The third kappa shape index (κ3) is 3.99. The molecular formula is C13H18ClN3S2. The molecular weight excluding hydrogens is 298 g/mol. The van der Waals surface area contributed by atoms with Crippen LogP contribution in [-0.2, 0) is 12.8 Å². The second kappa shape index (κ2) is 7.33. The van der Waals surface area contributed by atoms with Crippen LogP contribution in [0.5, 0.6) is 0 Å². The molecule has 19 heavy (non-hydrogen) atoms. The molecule has 2 aromatic rings. The number of rotatable bonds is 7. The largest absolute Gasteiger partial charge is 0.309 e. The van der Waals surface area contributed by atoms with E-state index in [4.69, 9.17) is 11.6 Å². The Morgan fingerprint density at radius 1 is 1.37 bits per heavy atom. The summed E-state index contributed by atoms with van der Waals surface area (Å²) >= 11 is 9.16. The van der Waals surface area contributed by atoms with Crippen molar-refractivity contribution in [1.29, 1.82) is 0 Å². The smallest absolute Gasteiger partial charge is 0.0931 e. The maximum atomic E-state index is 6.01. The quantitative estimate of drug-likeness (QED) is 0.836. The second-order valence-electron chi connectivity index (χ2n) is 4.35. The van der Waals surface area contributed by atoms with Gasteiger partial charge in [-0.15, -0.1) is 16.4 Å². The van der Waals surface area contributed by atoms with Crippen LogP contribution in [-0.4, -0.2) is 16.1 Å². The standard InChI is InChI=1S/C13H18ClN3S2/c1-3-7-15-11(8-9-5-6-12(14)18-9)13-10(4-2)16-17-19-13/h5-6,11,15H,3-4,7-8H2,1-2H3. The number of aryl methyl sites for hydroxylation is 1. The summed E-state index contributed by atoms with van der Waals surface area (Å²) in [6, 6.07) is 4.36. The molecule has 0 aliphatic rings. The van der Waals surface area contributed by atoms with E-state index in [9.17, 15) is 0 Å². The number of aromatic nitrogens is 2. The first-order valence-electron chi connectivity index (χ1n) is 6.53. The minimum Gasteiger partial charge on any atom is -0.309 e. The molecule has 3 nitrogen and oxygen atoms in total. The van der Waals surface area contributed by atoms with Gasteiger partial charge in [0, 0.05) is 17.3 Å². The Bertz CT molecular complexity index is 509. The zero-order valence-electron chi connectivity index (χ0n) is 11.1. The van der Waals surface area contributed by atoms with Crippen molar-refractivity contribution in [2.45, 2.75) is 39.2 Å². The van der Waals surface area contributed by atoms with E-state index in [1.54, 1.807) is 11.3 Å². The van der Waals surface area contributed by atoms with Gasteiger partial charge < -0.3 is 5.32 Å². The van der Waals surface area contributed by atoms with Crippen LogP contribution >= 0.6 is 34.5 Å².